The predicted molar refractivity (Wildman–Crippen MR) is 65.0 cm³/mol. The van der Waals surface area contributed by atoms with E-state index in [0.717, 1.165) is 11.3 Å². The molecule has 0 unspecified atom stereocenters. The molecule has 2 heterocycles. The van der Waals surface area contributed by atoms with Gasteiger partial charge in [0.2, 0.25) is 10.0 Å². The van der Waals surface area contributed by atoms with Gasteiger partial charge < -0.3 is 9.84 Å². The van der Waals surface area contributed by atoms with E-state index in [1.807, 2.05) is 0 Å². The second kappa shape index (κ2) is 4.96. The van der Waals surface area contributed by atoms with Gasteiger partial charge in [0.1, 0.15) is 9.77 Å². The van der Waals surface area contributed by atoms with E-state index in [1.54, 1.807) is 0 Å². The fourth-order valence-corrected chi connectivity index (χ4v) is 4.61. The smallest absolute Gasteiger partial charge is 0.349 e. The van der Waals surface area contributed by atoms with Gasteiger partial charge >= 0.3 is 5.97 Å². The number of methoxy groups -OCH3 is 1. The third-order valence-corrected chi connectivity index (χ3v) is 5.67. The van der Waals surface area contributed by atoms with E-state index < -0.39 is 22.1 Å². The summed E-state index contributed by atoms with van der Waals surface area (Å²) in [6.07, 6.45) is -0.225. The minimum atomic E-state index is -3.73. The lowest BCUT2D eigenvalue weighted by Crippen LogP contribution is -2.30. The monoisotopic (exact) mass is 291 g/mol. The molecule has 0 radical (unpaired) electrons. The first-order valence-corrected chi connectivity index (χ1v) is 7.63. The minimum Gasteiger partial charge on any atom is -0.465 e. The Morgan fingerprint density at radius 1 is 1.61 bits per heavy atom. The largest absolute Gasteiger partial charge is 0.465 e. The molecule has 0 aliphatic carbocycles. The van der Waals surface area contributed by atoms with Crippen molar-refractivity contribution < 1.29 is 23.1 Å². The van der Waals surface area contributed by atoms with Crippen LogP contribution in [0.5, 0.6) is 0 Å². The molecule has 2 rings (SSSR count). The molecule has 1 aliphatic rings. The standard InChI is InChI=1S/C10H13NO5S2/c1-16-10(13)9-8(3-5-17-9)18(14,15)11-4-2-7(12)6-11/h3,5,7,12H,2,4,6H2,1H3/t7-/m0/s1. The predicted octanol–water partition coefficient (Wildman–Crippen LogP) is 0.290. The number of hydrogen-bond donors (Lipinski definition) is 1. The molecule has 1 aromatic heterocycles. The zero-order chi connectivity index (χ0) is 13.3. The Hall–Kier alpha value is -0.960. The Morgan fingerprint density at radius 3 is 2.89 bits per heavy atom. The molecule has 0 bridgehead atoms. The molecule has 0 spiro atoms. The van der Waals surface area contributed by atoms with Crippen molar-refractivity contribution in [1.29, 1.82) is 0 Å². The Bertz CT molecular complexity index is 550. The lowest BCUT2D eigenvalue weighted by atomic mass is 10.3. The van der Waals surface area contributed by atoms with E-state index in [9.17, 15) is 18.3 Å². The number of thiophene rings is 1. The third kappa shape index (κ3) is 2.28. The Morgan fingerprint density at radius 2 is 2.33 bits per heavy atom. The molecule has 1 aromatic rings. The van der Waals surface area contributed by atoms with Gasteiger partial charge in [-0.2, -0.15) is 4.31 Å². The van der Waals surface area contributed by atoms with Gasteiger partial charge in [-0.05, 0) is 17.9 Å². The number of nitrogens with zero attached hydrogens (tertiary/aromatic N) is 1. The highest BCUT2D eigenvalue weighted by atomic mass is 32.2. The van der Waals surface area contributed by atoms with E-state index in [2.05, 4.69) is 4.74 Å². The molecule has 1 N–H and O–H groups in total. The molecule has 0 aromatic carbocycles. The quantitative estimate of drug-likeness (QED) is 0.809. The van der Waals surface area contributed by atoms with Crippen molar-refractivity contribution in [3.63, 3.8) is 0 Å². The van der Waals surface area contributed by atoms with E-state index in [1.165, 1.54) is 22.9 Å². The number of β-amino-alcohol motifs (C(OH)–C–C–N with tert-alkyl or cyclic N) is 1. The van der Waals surface area contributed by atoms with Gasteiger partial charge in [-0.25, -0.2) is 13.2 Å². The zero-order valence-corrected chi connectivity index (χ0v) is 11.3. The summed E-state index contributed by atoms with van der Waals surface area (Å²) in [5.41, 5.74) is 0. The summed E-state index contributed by atoms with van der Waals surface area (Å²) in [7, 11) is -2.52. The normalized spacial score (nSPS) is 21.1. The van der Waals surface area contributed by atoms with Crippen molar-refractivity contribution in [3.8, 4) is 0 Å². The molecule has 1 aliphatic heterocycles. The number of rotatable bonds is 3. The van der Waals surface area contributed by atoms with Crippen LogP contribution in [0, 0.1) is 0 Å². The number of sulfonamides is 1. The highest BCUT2D eigenvalue weighted by molar-refractivity contribution is 7.89. The van der Waals surface area contributed by atoms with Crippen molar-refractivity contribution >= 4 is 27.3 Å². The van der Waals surface area contributed by atoms with Crippen LogP contribution in [0.2, 0.25) is 0 Å². The van der Waals surface area contributed by atoms with Gasteiger partial charge in [-0.15, -0.1) is 11.3 Å². The van der Waals surface area contributed by atoms with Gasteiger partial charge in [0, 0.05) is 13.1 Å². The third-order valence-electron chi connectivity index (χ3n) is 2.74. The lowest BCUT2D eigenvalue weighted by Gasteiger charge is -2.15. The molecule has 1 saturated heterocycles. The fraction of sp³-hybridized carbons (Fsp3) is 0.500. The average Bonchev–Trinajstić information content (AvgIpc) is 2.96. The van der Waals surface area contributed by atoms with Crippen molar-refractivity contribution in [2.75, 3.05) is 20.2 Å². The summed E-state index contributed by atoms with van der Waals surface area (Å²) in [4.78, 5) is 11.5. The first-order chi connectivity index (χ1) is 8.46. The lowest BCUT2D eigenvalue weighted by molar-refractivity contribution is 0.0602. The van der Waals surface area contributed by atoms with Crippen LogP contribution in [-0.4, -0.2) is 50.1 Å². The summed E-state index contributed by atoms with van der Waals surface area (Å²) in [5, 5.41) is 10.9. The second-order valence-electron chi connectivity index (χ2n) is 3.91. The molecule has 0 saturated carbocycles. The molecule has 0 amide bonds. The summed E-state index contributed by atoms with van der Waals surface area (Å²) in [6, 6.07) is 1.39. The van der Waals surface area contributed by atoms with Crippen molar-refractivity contribution in [2.24, 2.45) is 0 Å². The highest BCUT2D eigenvalue weighted by Crippen LogP contribution is 2.28. The van der Waals surface area contributed by atoms with Crippen LogP contribution in [0.4, 0.5) is 0 Å². The summed E-state index contributed by atoms with van der Waals surface area (Å²) in [6.45, 7) is 0.332. The molecular formula is C10H13NO5S2. The van der Waals surface area contributed by atoms with Crippen LogP contribution in [0.3, 0.4) is 0 Å². The summed E-state index contributed by atoms with van der Waals surface area (Å²) < 4.78 is 30.3. The summed E-state index contributed by atoms with van der Waals surface area (Å²) in [5.74, 6) is -0.664. The van der Waals surface area contributed by atoms with Gasteiger partial charge in [-0.3, -0.25) is 0 Å². The molecule has 8 heteroatoms. The van der Waals surface area contributed by atoms with Crippen molar-refractivity contribution in [2.45, 2.75) is 17.4 Å². The Balaban J connectivity index is 2.36. The number of aliphatic hydroxyl groups excluding tert-OH is 1. The van der Waals surface area contributed by atoms with Crippen molar-refractivity contribution in [1.82, 2.24) is 4.31 Å². The SMILES string of the molecule is COC(=O)c1sccc1S(=O)(=O)N1CC[C@H](O)C1. The van der Waals surface area contributed by atoms with Gasteiger partial charge in [0.05, 0.1) is 13.2 Å². The molecule has 1 fully saturated rings. The molecule has 18 heavy (non-hydrogen) atoms. The maximum Gasteiger partial charge on any atom is 0.349 e. The van der Waals surface area contributed by atoms with Crippen molar-refractivity contribution in [3.05, 3.63) is 16.3 Å². The number of carbonyl (C=O) groups excluding carboxylic acids is 1. The van der Waals surface area contributed by atoms with Crippen LogP contribution in [0.15, 0.2) is 16.3 Å². The number of aliphatic hydroxyl groups is 1. The minimum absolute atomic E-state index is 0.0477. The van der Waals surface area contributed by atoms with E-state index >= 15 is 0 Å². The molecule has 100 valence electrons. The number of esters is 1. The molecular weight excluding hydrogens is 278 g/mol. The topological polar surface area (TPSA) is 83.9 Å². The summed E-state index contributed by atoms with van der Waals surface area (Å²) >= 11 is 1.03. The van der Waals surface area contributed by atoms with E-state index in [0.29, 0.717) is 6.42 Å². The van der Waals surface area contributed by atoms with Gasteiger partial charge in [0.25, 0.3) is 0 Å². The van der Waals surface area contributed by atoms with Crippen LogP contribution in [0.1, 0.15) is 16.1 Å². The Kier molecular flexibility index (Phi) is 3.71. The first-order valence-electron chi connectivity index (χ1n) is 5.31. The van der Waals surface area contributed by atoms with Crippen LogP contribution >= 0.6 is 11.3 Å². The average molecular weight is 291 g/mol. The zero-order valence-electron chi connectivity index (χ0n) is 9.70. The van der Waals surface area contributed by atoms with Crippen LogP contribution in [0.25, 0.3) is 0 Å². The van der Waals surface area contributed by atoms with Gasteiger partial charge in [0.15, 0.2) is 0 Å². The van der Waals surface area contributed by atoms with E-state index in [4.69, 9.17) is 0 Å². The highest BCUT2D eigenvalue weighted by Gasteiger charge is 2.35. The molecule has 1 atom stereocenters. The maximum atomic E-state index is 12.3. The van der Waals surface area contributed by atoms with Gasteiger partial charge in [-0.1, -0.05) is 0 Å². The first kappa shape index (κ1) is 13.5. The number of carbonyl (C=O) groups is 1. The van der Waals surface area contributed by atoms with Crippen LogP contribution in [-0.2, 0) is 14.8 Å². The van der Waals surface area contributed by atoms with E-state index in [-0.39, 0.29) is 22.9 Å². The van der Waals surface area contributed by atoms with Crippen LogP contribution < -0.4 is 0 Å². The number of ether oxygens (including phenoxy) is 1. The fourth-order valence-electron chi connectivity index (χ4n) is 1.81. The molecule has 6 nitrogen and oxygen atoms in total. The second-order valence-corrected chi connectivity index (χ2v) is 6.73. The Labute approximate surface area is 109 Å². The maximum absolute atomic E-state index is 12.3. The number of hydrogen-bond acceptors (Lipinski definition) is 6.